The molecule has 0 bridgehead atoms. The van der Waals surface area contributed by atoms with Crippen LogP contribution in [0, 0.1) is 0 Å². The van der Waals surface area contributed by atoms with Gasteiger partial charge < -0.3 is 9.47 Å². The van der Waals surface area contributed by atoms with E-state index in [-0.39, 0.29) is 6.61 Å². The summed E-state index contributed by atoms with van der Waals surface area (Å²) in [5.41, 5.74) is 0. The fourth-order valence-electron chi connectivity index (χ4n) is 0.704. The molecule has 0 fully saturated rings. The van der Waals surface area contributed by atoms with E-state index < -0.39 is 16.4 Å². The zero-order valence-corrected chi connectivity index (χ0v) is 9.81. The second-order valence-corrected chi connectivity index (χ2v) is 4.52. The fourth-order valence-corrected chi connectivity index (χ4v) is 1.36. The van der Waals surface area contributed by atoms with Crippen LogP contribution in [0.2, 0.25) is 0 Å². The van der Waals surface area contributed by atoms with Gasteiger partial charge in [-0.2, -0.15) is 8.42 Å². The van der Waals surface area contributed by atoms with Gasteiger partial charge in [-0.25, -0.2) is 4.18 Å². The maximum atomic E-state index is 10.6. The van der Waals surface area contributed by atoms with Gasteiger partial charge in [-0.3, -0.25) is 0 Å². The quantitative estimate of drug-likeness (QED) is 0.271. The molecule has 1 atom stereocenters. The first-order valence-electron chi connectivity index (χ1n) is 4.09. The van der Waals surface area contributed by atoms with E-state index in [1.54, 1.807) is 0 Å². The minimum absolute atomic E-state index is 0.271. The number of alkyl halides is 1. The van der Waals surface area contributed by atoms with Gasteiger partial charge in [0, 0.05) is 5.88 Å². The molecule has 0 amide bonds. The van der Waals surface area contributed by atoms with Gasteiger partial charge in [0.25, 0.3) is 10.1 Å². The van der Waals surface area contributed by atoms with Crippen molar-refractivity contribution in [2.45, 2.75) is 13.2 Å². The molecule has 0 radical (unpaired) electrons. The molecule has 0 N–H and O–H groups in total. The van der Waals surface area contributed by atoms with Gasteiger partial charge in [0.2, 0.25) is 0 Å². The molecule has 14 heavy (non-hydrogen) atoms. The highest BCUT2D eigenvalue weighted by Gasteiger charge is 2.09. The Morgan fingerprint density at radius 2 is 1.93 bits per heavy atom. The monoisotopic (exact) mass is 246 g/mol. The lowest BCUT2D eigenvalue weighted by atomic mass is 10.7. The smallest absolute Gasteiger partial charge is 0.266 e. The predicted octanol–water partition coefficient (Wildman–Crippen LogP) is 0.581. The summed E-state index contributed by atoms with van der Waals surface area (Å²) in [5.74, 6) is 0.426. The van der Waals surface area contributed by atoms with Crippen LogP contribution in [0.5, 0.6) is 0 Å². The average molecular weight is 247 g/mol. The van der Waals surface area contributed by atoms with Gasteiger partial charge >= 0.3 is 0 Å². The minimum Gasteiger partial charge on any atom is -0.378 e. The summed E-state index contributed by atoms with van der Waals surface area (Å²) in [7, 11) is -3.46. The highest BCUT2D eigenvalue weighted by atomic mass is 35.5. The van der Waals surface area contributed by atoms with Gasteiger partial charge in [0.1, 0.15) is 0 Å². The standard InChI is InChI=1S/C7H15ClO5S/c1-7(13-14(2,9)10)12-6-5-11-4-3-8/h7H,3-6H2,1-2H3. The van der Waals surface area contributed by atoms with E-state index in [4.69, 9.17) is 21.1 Å². The highest BCUT2D eigenvalue weighted by molar-refractivity contribution is 7.86. The Hall–Kier alpha value is 0.120. The first kappa shape index (κ1) is 14.1. The van der Waals surface area contributed by atoms with Gasteiger partial charge in [-0.1, -0.05) is 0 Å². The van der Waals surface area contributed by atoms with Crippen LogP contribution >= 0.6 is 11.6 Å². The Morgan fingerprint density at radius 1 is 1.29 bits per heavy atom. The van der Waals surface area contributed by atoms with Crippen molar-refractivity contribution in [3.05, 3.63) is 0 Å². The Bertz CT molecular complexity index is 228. The van der Waals surface area contributed by atoms with Crippen LogP contribution in [-0.2, 0) is 23.8 Å². The molecule has 0 aromatic carbocycles. The third kappa shape index (κ3) is 10.2. The molecule has 0 saturated heterocycles. The molecule has 0 aromatic rings. The molecular formula is C7H15ClO5S. The van der Waals surface area contributed by atoms with Crippen molar-refractivity contribution in [3.63, 3.8) is 0 Å². The van der Waals surface area contributed by atoms with Crippen LogP contribution in [-0.4, -0.2) is 46.7 Å². The molecule has 7 heteroatoms. The third-order valence-electron chi connectivity index (χ3n) is 1.11. The minimum atomic E-state index is -3.46. The molecule has 86 valence electrons. The zero-order valence-electron chi connectivity index (χ0n) is 8.23. The summed E-state index contributed by atoms with van der Waals surface area (Å²) in [4.78, 5) is 0. The van der Waals surface area contributed by atoms with E-state index >= 15 is 0 Å². The molecule has 1 unspecified atom stereocenters. The van der Waals surface area contributed by atoms with E-state index in [0.717, 1.165) is 6.26 Å². The van der Waals surface area contributed by atoms with Gasteiger partial charge in [0.05, 0.1) is 26.1 Å². The molecule has 0 aromatic heterocycles. The van der Waals surface area contributed by atoms with Crippen molar-refractivity contribution in [1.82, 2.24) is 0 Å². The number of ether oxygens (including phenoxy) is 2. The summed E-state index contributed by atoms with van der Waals surface area (Å²) in [6, 6.07) is 0. The largest absolute Gasteiger partial charge is 0.378 e. The van der Waals surface area contributed by atoms with Crippen molar-refractivity contribution in [3.8, 4) is 0 Å². The molecule has 5 nitrogen and oxygen atoms in total. The summed E-state index contributed by atoms with van der Waals surface area (Å²) in [6.45, 7) is 2.59. The van der Waals surface area contributed by atoms with E-state index in [2.05, 4.69) is 4.18 Å². The molecule has 0 heterocycles. The van der Waals surface area contributed by atoms with Crippen LogP contribution in [0.1, 0.15) is 6.92 Å². The Kier molecular flexibility index (Phi) is 7.48. The van der Waals surface area contributed by atoms with Crippen molar-refractivity contribution in [2.24, 2.45) is 0 Å². The topological polar surface area (TPSA) is 61.8 Å². The average Bonchev–Trinajstić information content (AvgIpc) is 2.00. The van der Waals surface area contributed by atoms with Crippen LogP contribution in [0.4, 0.5) is 0 Å². The molecule has 0 saturated carbocycles. The van der Waals surface area contributed by atoms with E-state index in [1.165, 1.54) is 6.92 Å². The second kappa shape index (κ2) is 7.42. The Balaban J connectivity index is 3.41. The van der Waals surface area contributed by atoms with Crippen molar-refractivity contribution >= 4 is 21.7 Å². The predicted molar refractivity (Wildman–Crippen MR) is 52.9 cm³/mol. The molecule has 0 rings (SSSR count). The van der Waals surface area contributed by atoms with Crippen molar-refractivity contribution in [2.75, 3.05) is 32.0 Å². The Morgan fingerprint density at radius 3 is 2.43 bits per heavy atom. The highest BCUT2D eigenvalue weighted by Crippen LogP contribution is 1.98. The van der Waals surface area contributed by atoms with E-state index in [0.29, 0.717) is 19.1 Å². The molecule has 0 aliphatic heterocycles. The molecule has 0 aliphatic rings. The third-order valence-corrected chi connectivity index (χ3v) is 1.89. The summed E-state index contributed by atoms with van der Waals surface area (Å²) < 4.78 is 35.8. The zero-order chi connectivity index (χ0) is 11.0. The van der Waals surface area contributed by atoms with Gasteiger partial charge in [0.15, 0.2) is 6.29 Å². The van der Waals surface area contributed by atoms with Crippen LogP contribution < -0.4 is 0 Å². The second-order valence-electron chi connectivity index (χ2n) is 2.54. The maximum Gasteiger partial charge on any atom is 0.266 e. The number of hydrogen-bond donors (Lipinski definition) is 0. The fraction of sp³-hybridized carbons (Fsp3) is 1.00. The lowest BCUT2D eigenvalue weighted by Gasteiger charge is -2.11. The summed E-state index contributed by atoms with van der Waals surface area (Å²) in [6.07, 6.45) is 0.182. The van der Waals surface area contributed by atoms with Crippen LogP contribution in [0.15, 0.2) is 0 Å². The Labute approximate surface area is 89.4 Å². The summed E-state index contributed by atoms with van der Waals surface area (Å²) >= 11 is 5.36. The molecule has 0 aliphatic carbocycles. The first-order valence-corrected chi connectivity index (χ1v) is 6.44. The van der Waals surface area contributed by atoms with Crippen LogP contribution in [0.3, 0.4) is 0 Å². The SMILES string of the molecule is CC(OCCOCCCl)OS(C)(=O)=O. The normalized spacial score (nSPS) is 14.2. The maximum absolute atomic E-state index is 10.6. The van der Waals surface area contributed by atoms with Crippen molar-refractivity contribution < 1.29 is 22.1 Å². The lowest BCUT2D eigenvalue weighted by molar-refractivity contribution is -0.0787. The van der Waals surface area contributed by atoms with Gasteiger partial charge in [-0.15, -0.1) is 11.6 Å². The van der Waals surface area contributed by atoms with Crippen LogP contribution in [0.25, 0.3) is 0 Å². The number of rotatable bonds is 8. The number of halogens is 1. The van der Waals surface area contributed by atoms with E-state index in [1.807, 2.05) is 0 Å². The van der Waals surface area contributed by atoms with E-state index in [9.17, 15) is 8.42 Å². The van der Waals surface area contributed by atoms with Crippen molar-refractivity contribution in [1.29, 1.82) is 0 Å². The lowest BCUT2D eigenvalue weighted by Crippen LogP contribution is -2.19. The molecule has 0 spiro atoms. The molecular weight excluding hydrogens is 232 g/mol. The summed E-state index contributed by atoms with van der Waals surface area (Å²) in [5, 5.41) is 0. The van der Waals surface area contributed by atoms with Gasteiger partial charge in [-0.05, 0) is 6.92 Å². The number of hydrogen-bond acceptors (Lipinski definition) is 5. The first-order chi connectivity index (χ1) is 6.45.